The van der Waals surface area contributed by atoms with Crippen molar-refractivity contribution < 1.29 is 9.53 Å². The molecule has 1 aliphatic rings. The van der Waals surface area contributed by atoms with Crippen LogP contribution in [-0.2, 0) is 6.42 Å². The molecule has 0 bridgehead atoms. The molecular weight excluding hydrogens is 470 g/mol. The Bertz CT molecular complexity index is 1330. The van der Waals surface area contributed by atoms with Gasteiger partial charge >= 0.3 is 0 Å². The van der Waals surface area contributed by atoms with E-state index in [1.165, 1.54) is 24.8 Å². The van der Waals surface area contributed by atoms with Crippen LogP contribution in [0.3, 0.4) is 0 Å². The van der Waals surface area contributed by atoms with E-state index in [1.54, 1.807) is 0 Å². The normalized spacial score (nSPS) is 14.4. The van der Waals surface area contributed by atoms with Gasteiger partial charge < -0.3 is 15.0 Å². The Morgan fingerprint density at radius 1 is 0.974 bits per heavy atom. The summed E-state index contributed by atoms with van der Waals surface area (Å²) in [5.41, 5.74) is 4.69. The van der Waals surface area contributed by atoms with Crippen molar-refractivity contribution in [3.63, 3.8) is 0 Å². The van der Waals surface area contributed by atoms with Crippen molar-refractivity contribution in [2.75, 3.05) is 32.8 Å². The molecule has 5 heteroatoms. The van der Waals surface area contributed by atoms with E-state index in [1.807, 2.05) is 61.5 Å². The Morgan fingerprint density at radius 2 is 1.71 bits per heavy atom. The number of hydrogen-bond acceptors (Lipinski definition) is 4. The molecule has 5 rings (SSSR count). The number of fused-ring (bicyclic) bond motifs is 1. The third-order valence-corrected chi connectivity index (χ3v) is 7.43. The molecule has 1 saturated heterocycles. The molecule has 0 aliphatic carbocycles. The Hall–Kier alpha value is -3.70. The zero-order valence-corrected chi connectivity index (χ0v) is 22.2. The number of pyridine rings is 1. The van der Waals surface area contributed by atoms with Crippen LogP contribution >= 0.6 is 0 Å². The van der Waals surface area contributed by atoms with Gasteiger partial charge in [0.1, 0.15) is 5.75 Å². The van der Waals surface area contributed by atoms with E-state index in [4.69, 9.17) is 9.72 Å². The molecule has 2 heterocycles. The highest BCUT2D eigenvalue weighted by atomic mass is 16.5. The van der Waals surface area contributed by atoms with E-state index in [2.05, 4.69) is 40.5 Å². The fourth-order valence-corrected chi connectivity index (χ4v) is 5.36. The van der Waals surface area contributed by atoms with Crippen LogP contribution in [0.4, 0.5) is 0 Å². The van der Waals surface area contributed by atoms with Gasteiger partial charge in [-0.3, -0.25) is 4.79 Å². The second-order valence-corrected chi connectivity index (χ2v) is 10.1. The van der Waals surface area contributed by atoms with Gasteiger partial charge in [0, 0.05) is 17.5 Å². The number of carbonyl (C=O) groups is 1. The quantitative estimate of drug-likeness (QED) is 0.253. The number of carbonyl (C=O) groups excluding carboxylic acids is 1. The second-order valence-electron chi connectivity index (χ2n) is 10.1. The van der Waals surface area contributed by atoms with Crippen molar-refractivity contribution in [3.8, 4) is 17.0 Å². The molecule has 1 aliphatic heterocycles. The first kappa shape index (κ1) is 25.9. The highest BCUT2D eigenvalue weighted by molar-refractivity contribution is 6.07. The van der Waals surface area contributed by atoms with E-state index < -0.39 is 0 Å². The standard InChI is InChI=1S/C33H37N3O2/c1-2-38-28-15-13-27(14-16-28)32-24-30(29-11-6-7-12-31(29)35-32)33(37)34-19-8-20-36-21-17-26(18-22-36)23-25-9-4-3-5-10-25/h3-7,9-16,24,26H,2,8,17-23H2,1H3,(H,34,37). The number of ether oxygens (including phenoxy) is 1. The fraction of sp³-hybridized carbons (Fsp3) is 0.333. The van der Waals surface area contributed by atoms with Gasteiger partial charge in [-0.15, -0.1) is 0 Å². The molecule has 3 aromatic carbocycles. The maximum atomic E-state index is 13.3. The molecule has 4 aromatic rings. The number of aromatic nitrogens is 1. The number of rotatable bonds is 10. The molecule has 0 radical (unpaired) electrons. The molecule has 0 unspecified atom stereocenters. The number of para-hydroxylation sites is 1. The summed E-state index contributed by atoms with van der Waals surface area (Å²) in [4.78, 5) is 20.6. The van der Waals surface area contributed by atoms with Crippen molar-refractivity contribution in [3.05, 3.63) is 96.1 Å². The van der Waals surface area contributed by atoms with Crippen LogP contribution in [0.5, 0.6) is 5.75 Å². The monoisotopic (exact) mass is 507 g/mol. The summed E-state index contributed by atoms with van der Waals surface area (Å²) in [5, 5.41) is 4.04. The van der Waals surface area contributed by atoms with Gasteiger partial charge in [0.05, 0.1) is 23.4 Å². The van der Waals surface area contributed by atoms with Crippen LogP contribution in [-0.4, -0.2) is 48.6 Å². The molecular formula is C33H37N3O2. The number of nitrogens with zero attached hydrogens (tertiary/aromatic N) is 2. The smallest absolute Gasteiger partial charge is 0.252 e. The summed E-state index contributed by atoms with van der Waals surface area (Å²) in [7, 11) is 0. The number of piperidine rings is 1. The van der Waals surface area contributed by atoms with Crippen molar-refractivity contribution in [2.45, 2.75) is 32.6 Å². The fourth-order valence-electron chi connectivity index (χ4n) is 5.36. The predicted molar refractivity (Wildman–Crippen MR) is 155 cm³/mol. The first-order valence-electron chi connectivity index (χ1n) is 13.9. The lowest BCUT2D eigenvalue weighted by Crippen LogP contribution is -2.36. The van der Waals surface area contributed by atoms with Crippen molar-refractivity contribution in [1.82, 2.24) is 15.2 Å². The summed E-state index contributed by atoms with van der Waals surface area (Å²) >= 11 is 0. The number of likely N-dealkylation sites (tertiary alicyclic amines) is 1. The summed E-state index contributed by atoms with van der Waals surface area (Å²) in [6, 6.07) is 28.5. The summed E-state index contributed by atoms with van der Waals surface area (Å²) in [6.45, 7) is 6.57. The van der Waals surface area contributed by atoms with Crippen LogP contribution in [0.2, 0.25) is 0 Å². The number of nitrogens with one attached hydrogen (secondary N) is 1. The molecule has 0 saturated carbocycles. The minimum Gasteiger partial charge on any atom is -0.494 e. The Kier molecular flexibility index (Phi) is 8.67. The van der Waals surface area contributed by atoms with Crippen LogP contribution in [0.1, 0.15) is 42.1 Å². The van der Waals surface area contributed by atoms with E-state index in [0.29, 0.717) is 18.7 Å². The average molecular weight is 508 g/mol. The number of benzene rings is 3. The number of amides is 1. The molecule has 196 valence electrons. The molecule has 38 heavy (non-hydrogen) atoms. The minimum atomic E-state index is -0.0441. The molecule has 0 spiro atoms. The van der Waals surface area contributed by atoms with Gasteiger partial charge in [-0.25, -0.2) is 4.98 Å². The third kappa shape index (κ3) is 6.59. The lowest BCUT2D eigenvalue weighted by Gasteiger charge is -2.32. The average Bonchev–Trinajstić information content (AvgIpc) is 2.96. The zero-order valence-electron chi connectivity index (χ0n) is 22.2. The summed E-state index contributed by atoms with van der Waals surface area (Å²) in [6.07, 6.45) is 4.63. The molecule has 1 fully saturated rings. The van der Waals surface area contributed by atoms with Crippen LogP contribution < -0.4 is 10.1 Å². The van der Waals surface area contributed by atoms with Gasteiger partial charge in [-0.05, 0) is 100 Å². The van der Waals surface area contributed by atoms with Crippen LogP contribution in [0.15, 0.2) is 84.9 Å². The zero-order chi connectivity index (χ0) is 26.2. The third-order valence-electron chi connectivity index (χ3n) is 7.43. The van der Waals surface area contributed by atoms with E-state index in [9.17, 15) is 4.79 Å². The SMILES string of the molecule is CCOc1ccc(-c2cc(C(=O)NCCCN3CCC(Cc4ccccc4)CC3)c3ccccc3n2)cc1. The predicted octanol–water partition coefficient (Wildman–Crippen LogP) is 6.38. The lowest BCUT2D eigenvalue weighted by atomic mass is 9.90. The molecule has 5 nitrogen and oxygen atoms in total. The highest BCUT2D eigenvalue weighted by Gasteiger charge is 2.19. The van der Waals surface area contributed by atoms with E-state index in [-0.39, 0.29) is 5.91 Å². The van der Waals surface area contributed by atoms with Crippen LogP contribution in [0, 0.1) is 5.92 Å². The minimum absolute atomic E-state index is 0.0441. The molecule has 1 aromatic heterocycles. The van der Waals surface area contributed by atoms with Gasteiger partial charge in [0.2, 0.25) is 0 Å². The maximum Gasteiger partial charge on any atom is 0.252 e. The second kappa shape index (κ2) is 12.7. The van der Waals surface area contributed by atoms with Crippen molar-refractivity contribution in [1.29, 1.82) is 0 Å². The molecule has 1 amide bonds. The van der Waals surface area contributed by atoms with E-state index >= 15 is 0 Å². The first-order chi connectivity index (χ1) is 18.7. The van der Waals surface area contributed by atoms with Crippen molar-refractivity contribution >= 4 is 16.8 Å². The van der Waals surface area contributed by atoms with Gasteiger partial charge in [0.15, 0.2) is 0 Å². The first-order valence-corrected chi connectivity index (χ1v) is 13.9. The Labute approximate surface area is 225 Å². The summed E-state index contributed by atoms with van der Waals surface area (Å²) < 4.78 is 5.57. The highest BCUT2D eigenvalue weighted by Crippen LogP contribution is 2.27. The largest absolute Gasteiger partial charge is 0.494 e. The van der Waals surface area contributed by atoms with E-state index in [0.717, 1.165) is 59.9 Å². The maximum absolute atomic E-state index is 13.3. The van der Waals surface area contributed by atoms with Gasteiger partial charge in [-0.1, -0.05) is 48.5 Å². The van der Waals surface area contributed by atoms with Crippen molar-refractivity contribution in [2.24, 2.45) is 5.92 Å². The van der Waals surface area contributed by atoms with Gasteiger partial charge in [-0.2, -0.15) is 0 Å². The van der Waals surface area contributed by atoms with Gasteiger partial charge in [0.25, 0.3) is 5.91 Å². The molecule has 0 atom stereocenters. The summed E-state index contributed by atoms with van der Waals surface area (Å²) in [5.74, 6) is 1.56. The number of hydrogen-bond donors (Lipinski definition) is 1. The topological polar surface area (TPSA) is 54.5 Å². The van der Waals surface area contributed by atoms with Crippen LogP contribution in [0.25, 0.3) is 22.2 Å². The Balaban J connectivity index is 1.15. The lowest BCUT2D eigenvalue weighted by molar-refractivity contribution is 0.0952. The Morgan fingerprint density at radius 3 is 2.47 bits per heavy atom. The molecule has 1 N–H and O–H groups in total.